The predicted molar refractivity (Wildman–Crippen MR) is 115 cm³/mol. The number of hydrogen-bond donors (Lipinski definition) is 1. The van der Waals surface area contributed by atoms with E-state index in [4.69, 9.17) is 0 Å². The lowest BCUT2D eigenvalue weighted by Gasteiger charge is -2.29. The number of aromatic nitrogens is 2. The highest BCUT2D eigenvalue weighted by molar-refractivity contribution is 7.90. The highest BCUT2D eigenvalue weighted by atomic mass is 32.2. The van der Waals surface area contributed by atoms with Gasteiger partial charge in [-0.1, -0.05) is 31.5 Å². The lowest BCUT2D eigenvalue weighted by Crippen LogP contribution is -2.26. The molecule has 2 heterocycles. The van der Waals surface area contributed by atoms with Gasteiger partial charge in [0.05, 0.1) is 15.2 Å². The normalized spacial score (nSPS) is 19.6. The molecule has 4 rings (SSSR count). The van der Waals surface area contributed by atoms with Gasteiger partial charge in [-0.3, -0.25) is 10.1 Å². The number of benzene rings is 1. The Balaban J connectivity index is 1.76. The predicted octanol–water partition coefficient (Wildman–Crippen LogP) is 4.56. The standard InChI is InChI=1S/C21H24N4O4S/c1-2-15-8-10-16(11-9-15)23-20-18-12-13-24(21(18)22-14-19(20)25(26)27)30(28,29)17-6-4-3-5-7-17/h3-7,12-16H,2,8-11H2,1H3,(H,22,23). The Morgan fingerprint density at radius 2 is 1.87 bits per heavy atom. The van der Waals surface area contributed by atoms with Crippen LogP contribution in [0.4, 0.5) is 11.4 Å². The van der Waals surface area contributed by atoms with E-state index in [1.54, 1.807) is 24.3 Å². The number of pyridine rings is 1. The Labute approximate surface area is 175 Å². The molecule has 3 aromatic rings. The van der Waals surface area contributed by atoms with Gasteiger partial charge < -0.3 is 5.32 Å². The van der Waals surface area contributed by atoms with Crippen molar-refractivity contribution in [3.63, 3.8) is 0 Å². The highest BCUT2D eigenvalue weighted by Gasteiger charge is 2.27. The minimum absolute atomic E-state index is 0.117. The van der Waals surface area contributed by atoms with Gasteiger partial charge in [0.25, 0.3) is 10.0 Å². The number of anilines is 1. The van der Waals surface area contributed by atoms with Crippen LogP contribution in [0.5, 0.6) is 0 Å². The molecule has 8 nitrogen and oxygen atoms in total. The summed E-state index contributed by atoms with van der Waals surface area (Å²) in [5, 5.41) is 15.4. The molecule has 0 bridgehead atoms. The van der Waals surface area contributed by atoms with Gasteiger partial charge in [-0.05, 0) is 49.8 Å². The molecule has 1 aliphatic rings. The molecule has 0 spiro atoms. The van der Waals surface area contributed by atoms with Crippen molar-refractivity contribution < 1.29 is 13.3 Å². The van der Waals surface area contributed by atoms with Crippen LogP contribution < -0.4 is 5.32 Å². The molecule has 9 heteroatoms. The van der Waals surface area contributed by atoms with Crippen LogP contribution in [0.1, 0.15) is 39.0 Å². The van der Waals surface area contributed by atoms with Crippen LogP contribution in [0.3, 0.4) is 0 Å². The van der Waals surface area contributed by atoms with Crippen LogP contribution in [0.2, 0.25) is 0 Å². The van der Waals surface area contributed by atoms with Crippen LogP contribution in [-0.2, 0) is 10.0 Å². The van der Waals surface area contributed by atoms with Crippen molar-refractivity contribution in [2.24, 2.45) is 5.92 Å². The second-order valence-electron chi connectivity index (χ2n) is 7.71. The summed E-state index contributed by atoms with van der Waals surface area (Å²) in [5.41, 5.74) is 0.371. The first-order valence-electron chi connectivity index (χ1n) is 10.1. The fraction of sp³-hybridized carbons (Fsp3) is 0.381. The van der Waals surface area contributed by atoms with Crippen LogP contribution in [0.25, 0.3) is 11.0 Å². The van der Waals surface area contributed by atoms with E-state index in [-0.39, 0.29) is 22.3 Å². The maximum Gasteiger partial charge on any atom is 0.311 e. The van der Waals surface area contributed by atoms with E-state index in [1.807, 2.05) is 0 Å². The quantitative estimate of drug-likeness (QED) is 0.455. The average molecular weight is 429 g/mol. The zero-order valence-electron chi connectivity index (χ0n) is 16.7. The van der Waals surface area contributed by atoms with Crippen molar-refractivity contribution in [1.29, 1.82) is 0 Å². The summed E-state index contributed by atoms with van der Waals surface area (Å²) in [5.74, 6) is 0.701. The maximum atomic E-state index is 13.1. The zero-order chi connectivity index (χ0) is 21.3. The molecule has 0 atom stereocenters. The first-order valence-corrected chi connectivity index (χ1v) is 11.6. The van der Waals surface area contributed by atoms with Crippen molar-refractivity contribution in [1.82, 2.24) is 8.96 Å². The van der Waals surface area contributed by atoms with E-state index in [0.717, 1.165) is 42.3 Å². The summed E-state index contributed by atoms with van der Waals surface area (Å²) in [7, 11) is -3.86. The molecule has 1 fully saturated rings. The molecule has 0 unspecified atom stereocenters. The lowest BCUT2D eigenvalue weighted by molar-refractivity contribution is -0.384. The number of fused-ring (bicyclic) bond motifs is 1. The SMILES string of the molecule is CCC1CCC(Nc2c([N+](=O)[O-])cnc3c2ccn3S(=O)(=O)c2ccccc2)CC1. The lowest BCUT2D eigenvalue weighted by atomic mass is 9.84. The Kier molecular flexibility index (Phi) is 5.46. The molecular formula is C21H24N4O4S. The number of nitrogens with one attached hydrogen (secondary N) is 1. The molecule has 0 amide bonds. The minimum atomic E-state index is -3.86. The molecule has 0 radical (unpaired) electrons. The van der Waals surface area contributed by atoms with E-state index < -0.39 is 14.9 Å². The first-order chi connectivity index (χ1) is 14.4. The Morgan fingerprint density at radius 3 is 2.50 bits per heavy atom. The topological polar surface area (TPSA) is 107 Å². The monoisotopic (exact) mass is 428 g/mol. The van der Waals surface area contributed by atoms with Gasteiger partial charge in [0, 0.05) is 12.2 Å². The molecular weight excluding hydrogens is 404 g/mol. The third kappa shape index (κ3) is 3.65. The summed E-state index contributed by atoms with van der Waals surface area (Å²) >= 11 is 0. The van der Waals surface area contributed by atoms with E-state index >= 15 is 0 Å². The van der Waals surface area contributed by atoms with Gasteiger partial charge in [0.15, 0.2) is 5.65 Å². The van der Waals surface area contributed by atoms with Crippen LogP contribution >= 0.6 is 0 Å². The third-order valence-electron chi connectivity index (χ3n) is 5.93. The molecule has 158 valence electrons. The van der Waals surface area contributed by atoms with Crippen molar-refractivity contribution >= 4 is 32.4 Å². The number of hydrogen-bond acceptors (Lipinski definition) is 6. The minimum Gasteiger partial charge on any atom is -0.376 e. The number of nitro groups is 1. The van der Waals surface area contributed by atoms with Gasteiger partial charge in [-0.25, -0.2) is 17.4 Å². The molecule has 30 heavy (non-hydrogen) atoms. The number of nitrogens with zero attached hydrogens (tertiary/aromatic N) is 3. The summed E-state index contributed by atoms with van der Waals surface area (Å²) < 4.78 is 27.2. The Hall–Kier alpha value is -2.94. The average Bonchev–Trinajstić information content (AvgIpc) is 3.20. The highest BCUT2D eigenvalue weighted by Crippen LogP contribution is 2.36. The molecule has 2 aromatic heterocycles. The van der Waals surface area contributed by atoms with Crippen molar-refractivity contribution in [3.8, 4) is 0 Å². The van der Waals surface area contributed by atoms with Crippen LogP contribution in [-0.4, -0.2) is 28.3 Å². The first kappa shape index (κ1) is 20.3. The van der Waals surface area contributed by atoms with E-state index in [9.17, 15) is 18.5 Å². The van der Waals surface area contributed by atoms with Crippen LogP contribution in [0, 0.1) is 16.0 Å². The molecule has 0 aliphatic heterocycles. The third-order valence-corrected chi connectivity index (χ3v) is 7.61. The largest absolute Gasteiger partial charge is 0.376 e. The molecule has 0 saturated heterocycles. The second kappa shape index (κ2) is 8.06. The Bertz CT molecular complexity index is 1170. The molecule has 1 aromatic carbocycles. The van der Waals surface area contributed by atoms with Crippen molar-refractivity contribution in [2.75, 3.05) is 5.32 Å². The summed E-state index contributed by atoms with van der Waals surface area (Å²) in [6.07, 6.45) is 7.72. The van der Waals surface area contributed by atoms with Gasteiger partial charge in [-0.15, -0.1) is 0 Å². The second-order valence-corrected chi connectivity index (χ2v) is 9.53. The van der Waals surface area contributed by atoms with Gasteiger partial charge in [0.1, 0.15) is 11.9 Å². The maximum absolute atomic E-state index is 13.1. The fourth-order valence-electron chi connectivity index (χ4n) is 4.16. The number of rotatable bonds is 6. The summed E-state index contributed by atoms with van der Waals surface area (Å²) in [4.78, 5) is 15.4. The molecule has 1 aliphatic carbocycles. The van der Waals surface area contributed by atoms with Gasteiger partial charge in [-0.2, -0.15) is 0 Å². The molecule has 1 saturated carbocycles. The zero-order valence-corrected chi connectivity index (χ0v) is 17.5. The van der Waals surface area contributed by atoms with Crippen LogP contribution in [0.15, 0.2) is 53.7 Å². The molecule has 1 N–H and O–H groups in total. The smallest absolute Gasteiger partial charge is 0.311 e. The summed E-state index contributed by atoms with van der Waals surface area (Å²) in [6, 6.07) is 9.76. The Morgan fingerprint density at radius 1 is 1.17 bits per heavy atom. The van der Waals surface area contributed by atoms with E-state index in [0.29, 0.717) is 17.0 Å². The van der Waals surface area contributed by atoms with Gasteiger partial charge >= 0.3 is 5.69 Å². The summed E-state index contributed by atoms with van der Waals surface area (Å²) in [6.45, 7) is 2.19. The van der Waals surface area contributed by atoms with Crippen molar-refractivity contribution in [2.45, 2.75) is 50.0 Å². The van der Waals surface area contributed by atoms with E-state index in [1.165, 1.54) is 18.3 Å². The van der Waals surface area contributed by atoms with Gasteiger partial charge in [0.2, 0.25) is 0 Å². The fourth-order valence-corrected chi connectivity index (χ4v) is 5.48. The van der Waals surface area contributed by atoms with Crippen molar-refractivity contribution in [3.05, 3.63) is 58.9 Å². The van der Waals surface area contributed by atoms with E-state index in [2.05, 4.69) is 17.2 Å².